The first-order valence-electron chi connectivity index (χ1n) is 7.38. The highest BCUT2D eigenvalue weighted by Gasteiger charge is 2.20. The molecule has 1 heterocycles. The minimum atomic E-state index is -3.80. The Morgan fingerprint density at radius 1 is 1.13 bits per heavy atom. The van der Waals surface area contributed by atoms with Crippen molar-refractivity contribution in [1.29, 1.82) is 0 Å². The first-order chi connectivity index (χ1) is 10.9. The molecular weight excluding hydrogens is 316 g/mol. The molecular formula is C16H18N2O4S. The molecule has 0 bridgehead atoms. The second kappa shape index (κ2) is 5.82. The molecule has 0 saturated carbocycles. The van der Waals surface area contributed by atoms with Crippen LogP contribution in [0.1, 0.15) is 39.4 Å². The Morgan fingerprint density at radius 3 is 2.57 bits per heavy atom. The normalized spacial score (nSPS) is 13.8. The summed E-state index contributed by atoms with van der Waals surface area (Å²) in [6.45, 7) is 3.37. The predicted molar refractivity (Wildman–Crippen MR) is 84.4 cm³/mol. The van der Waals surface area contributed by atoms with Gasteiger partial charge in [-0.25, -0.2) is 8.42 Å². The summed E-state index contributed by atoms with van der Waals surface area (Å²) in [6.07, 6.45) is 2.92. The van der Waals surface area contributed by atoms with Crippen LogP contribution in [0.3, 0.4) is 0 Å². The van der Waals surface area contributed by atoms with Gasteiger partial charge in [0.2, 0.25) is 0 Å². The number of hydrogen-bond acceptors (Lipinski definition) is 4. The van der Waals surface area contributed by atoms with E-state index in [1.807, 2.05) is 6.07 Å². The van der Waals surface area contributed by atoms with Gasteiger partial charge in [-0.1, -0.05) is 6.07 Å². The fourth-order valence-electron chi connectivity index (χ4n) is 2.81. The van der Waals surface area contributed by atoms with Crippen LogP contribution in [-0.4, -0.2) is 14.3 Å². The van der Waals surface area contributed by atoms with E-state index >= 15 is 0 Å². The summed E-state index contributed by atoms with van der Waals surface area (Å²) in [5.41, 5.74) is 4.78. The molecule has 0 spiro atoms. The third-order valence-corrected chi connectivity index (χ3v) is 5.21. The van der Waals surface area contributed by atoms with Crippen LogP contribution in [0.25, 0.3) is 0 Å². The molecule has 122 valence electrons. The lowest BCUT2D eigenvalue weighted by atomic mass is 10.1. The van der Waals surface area contributed by atoms with E-state index in [0.29, 0.717) is 17.1 Å². The fraction of sp³-hybridized carbons (Fsp3) is 0.312. The van der Waals surface area contributed by atoms with Gasteiger partial charge in [-0.2, -0.15) is 0 Å². The molecule has 1 amide bonds. The number of hydrazine groups is 1. The highest BCUT2D eigenvalue weighted by atomic mass is 32.2. The minimum Gasteiger partial charge on any atom is -0.466 e. The Labute approximate surface area is 134 Å². The van der Waals surface area contributed by atoms with Crippen LogP contribution in [0, 0.1) is 13.8 Å². The quantitative estimate of drug-likeness (QED) is 0.837. The van der Waals surface area contributed by atoms with Gasteiger partial charge in [-0.05, 0) is 62.4 Å². The highest BCUT2D eigenvalue weighted by molar-refractivity contribution is 7.89. The number of aryl methyl sites for hydroxylation is 4. The molecule has 0 unspecified atom stereocenters. The van der Waals surface area contributed by atoms with Crippen LogP contribution in [0.15, 0.2) is 33.6 Å². The molecule has 1 aromatic carbocycles. The van der Waals surface area contributed by atoms with E-state index in [0.717, 1.165) is 24.8 Å². The zero-order chi connectivity index (χ0) is 16.6. The summed E-state index contributed by atoms with van der Waals surface area (Å²) in [5, 5.41) is 0. The maximum absolute atomic E-state index is 12.3. The molecule has 1 aromatic heterocycles. The Bertz CT molecular complexity index is 868. The van der Waals surface area contributed by atoms with E-state index in [2.05, 4.69) is 10.3 Å². The predicted octanol–water partition coefficient (Wildman–Crippen LogP) is 2.01. The summed E-state index contributed by atoms with van der Waals surface area (Å²) in [7, 11) is -3.80. The van der Waals surface area contributed by atoms with Crippen LogP contribution < -0.4 is 10.3 Å². The summed E-state index contributed by atoms with van der Waals surface area (Å²) in [6, 6.07) is 6.63. The second-order valence-electron chi connectivity index (χ2n) is 5.67. The standard InChI is InChI=1S/C16H18N2O4S/c1-10-8-15(11(2)22-10)16(19)17-18-23(20,21)14-7-6-12-4-3-5-13(12)9-14/h6-9,18H,3-5H2,1-2H3,(H,17,19). The summed E-state index contributed by atoms with van der Waals surface area (Å²) >= 11 is 0. The summed E-state index contributed by atoms with van der Waals surface area (Å²) < 4.78 is 29.9. The Morgan fingerprint density at radius 2 is 1.87 bits per heavy atom. The van der Waals surface area contributed by atoms with Gasteiger partial charge >= 0.3 is 0 Å². The average Bonchev–Trinajstić information content (AvgIpc) is 3.10. The van der Waals surface area contributed by atoms with Gasteiger partial charge in [0.05, 0.1) is 10.5 Å². The lowest BCUT2D eigenvalue weighted by Gasteiger charge is -2.09. The zero-order valence-electron chi connectivity index (χ0n) is 13.0. The monoisotopic (exact) mass is 334 g/mol. The van der Waals surface area contributed by atoms with E-state index in [1.165, 1.54) is 5.56 Å². The molecule has 0 saturated heterocycles. The number of nitrogens with one attached hydrogen (secondary N) is 2. The molecule has 2 N–H and O–H groups in total. The van der Waals surface area contributed by atoms with Crippen LogP contribution >= 0.6 is 0 Å². The molecule has 1 aliphatic carbocycles. The number of hydrogen-bond donors (Lipinski definition) is 2. The lowest BCUT2D eigenvalue weighted by Crippen LogP contribution is -2.41. The molecule has 1 aliphatic rings. The largest absolute Gasteiger partial charge is 0.466 e. The van der Waals surface area contributed by atoms with Gasteiger partial charge in [0.1, 0.15) is 11.5 Å². The average molecular weight is 334 g/mol. The number of furan rings is 1. The van der Waals surface area contributed by atoms with Crippen molar-refractivity contribution in [1.82, 2.24) is 10.3 Å². The molecule has 0 fully saturated rings. The summed E-state index contributed by atoms with van der Waals surface area (Å²) in [4.78, 5) is 14.3. The Balaban J connectivity index is 1.74. The number of fused-ring (bicyclic) bond motifs is 1. The van der Waals surface area contributed by atoms with Crippen molar-refractivity contribution in [2.45, 2.75) is 38.0 Å². The number of sulfonamides is 1. The second-order valence-corrected chi connectivity index (χ2v) is 7.35. The van der Waals surface area contributed by atoms with E-state index in [4.69, 9.17) is 4.42 Å². The number of rotatable bonds is 4. The van der Waals surface area contributed by atoms with Gasteiger partial charge in [0.25, 0.3) is 15.9 Å². The maximum atomic E-state index is 12.3. The fourth-order valence-corrected chi connectivity index (χ4v) is 3.70. The van der Waals surface area contributed by atoms with E-state index in [1.54, 1.807) is 32.0 Å². The lowest BCUT2D eigenvalue weighted by molar-refractivity contribution is 0.0943. The molecule has 3 rings (SSSR count). The number of carbonyl (C=O) groups is 1. The van der Waals surface area contributed by atoms with Crippen molar-refractivity contribution in [2.24, 2.45) is 0 Å². The highest BCUT2D eigenvalue weighted by Crippen LogP contribution is 2.24. The molecule has 0 radical (unpaired) electrons. The van der Waals surface area contributed by atoms with Crippen LogP contribution in [0.4, 0.5) is 0 Å². The third-order valence-electron chi connectivity index (χ3n) is 3.96. The Kier molecular flexibility index (Phi) is 3.99. The molecule has 23 heavy (non-hydrogen) atoms. The molecule has 2 aromatic rings. The van der Waals surface area contributed by atoms with Crippen molar-refractivity contribution < 1.29 is 17.6 Å². The SMILES string of the molecule is Cc1cc(C(=O)NNS(=O)(=O)c2ccc3c(c2)CCC3)c(C)o1. The molecule has 0 atom stereocenters. The van der Waals surface area contributed by atoms with Crippen LogP contribution in [0.2, 0.25) is 0 Å². The van der Waals surface area contributed by atoms with Crippen molar-refractivity contribution >= 4 is 15.9 Å². The molecule has 6 nitrogen and oxygen atoms in total. The topological polar surface area (TPSA) is 88.4 Å². The van der Waals surface area contributed by atoms with Gasteiger partial charge in [-0.15, -0.1) is 4.83 Å². The van der Waals surface area contributed by atoms with Gasteiger partial charge in [-0.3, -0.25) is 10.2 Å². The maximum Gasteiger partial charge on any atom is 0.269 e. The third kappa shape index (κ3) is 3.16. The van der Waals surface area contributed by atoms with Crippen molar-refractivity contribution in [2.75, 3.05) is 0 Å². The van der Waals surface area contributed by atoms with Crippen molar-refractivity contribution in [3.05, 3.63) is 52.5 Å². The first-order valence-corrected chi connectivity index (χ1v) is 8.86. The number of benzene rings is 1. The zero-order valence-corrected chi connectivity index (χ0v) is 13.8. The van der Waals surface area contributed by atoms with Gasteiger partial charge in [0, 0.05) is 0 Å². The van der Waals surface area contributed by atoms with Crippen molar-refractivity contribution in [3.8, 4) is 0 Å². The molecule has 0 aliphatic heterocycles. The Hall–Kier alpha value is -2.12. The smallest absolute Gasteiger partial charge is 0.269 e. The van der Waals surface area contributed by atoms with Gasteiger partial charge in [0.15, 0.2) is 0 Å². The number of amides is 1. The van der Waals surface area contributed by atoms with Crippen LogP contribution in [0.5, 0.6) is 0 Å². The minimum absolute atomic E-state index is 0.151. The van der Waals surface area contributed by atoms with E-state index in [9.17, 15) is 13.2 Å². The first kappa shape index (κ1) is 15.8. The van der Waals surface area contributed by atoms with E-state index < -0.39 is 15.9 Å². The van der Waals surface area contributed by atoms with Crippen molar-refractivity contribution in [3.63, 3.8) is 0 Å². The van der Waals surface area contributed by atoms with E-state index in [-0.39, 0.29) is 4.90 Å². The molecule has 7 heteroatoms. The number of carbonyl (C=O) groups excluding carboxylic acids is 1. The van der Waals surface area contributed by atoms with Crippen LogP contribution in [-0.2, 0) is 22.9 Å². The summed E-state index contributed by atoms with van der Waals surface area (Å²) in [5.74, 6) is 0.481. The van der Waals surface area contributed by atoms with Gasteiger partial charge < -0.3 is 4.42 Å².